The van der Waals surface area contributed by atoms with Gasteiger partial charge in [0.05, 0.1) is 5.69 Å². The number of primary amides is 1. The first-order valence-electron chi connectivity index (χ1n) is 5.46. The van der Waals surface area contributed by atoms with Crippen LogP contribution < -0.4 is 11.5 Å². The molecule has 0 aromatic carbocycles. The summed E-state index contributed by atoms with van der Waals surface area (Å²) in [5.74, 6) is 0.0591. The summed E-state index contributed by atoms with van der Waals surface area (Å²) in [6.45, 7) is 4.28. The minimum absolute atomic E-state index is 0.397. The number of nitrogens with two attached hydrogens (primary N) is 2. The van der Waals surface area contributed by atoms with Crippen LogP contribution >= 0.6 is 11.3 Å². The summed E-state index contributed by atoms with van der Waals surface area (Å²) < 4.78 is 0. The van der Waals surface area contributed by atoms with E-state index in [1.807, 2.05) is 12.1 Å². The molecule has 5 heteroatoms. The molecule has 0 bridgehead atoms. The van der Waals surface area contributed by atoms with E-state index >= 15 is 0 Å². The summed E-state index contributed by atoms with van der Waals surface area (Å²) in [5, 5.41) is 0.816. The quantitative estimate of drug-likeness (QED) is 0.874. The molecule has 2 rings (SSSR count). The second kappa shape index (κ2) is 4.33. The summed E-state index contributed by atoms with van der Waals surface area (Å²) in [6, 6.07) is 3.87. The van der Waals surface area contributed by atoms with E-state index in [-0.39, 0.29) is 0 Å². The first kappa shape index (κ1) is 11.9. The summed E-state index contributed by atoms with van der Waals surface area (Å²) in [7, 11) is 0. The van der Waals surface area contributed by atoms with Gasteiger partial charge < -0.3 is 11.5 Å². The number of rotatable bonds is 3. The fourth-order valence-corrected chi connectivity index (χ4v) is 2.72. The van der Waals surface area contributed by atoms with E-state index in [4.69, 9.17) is 11.5 Å². The number of aromatic nitrogens is 1. The number of hydrogen-bond donors (Lipinski definition) is 2. The fraction of sp³-hybridized carbons (Fsp3) is 0.333. The Morgan fingerprint density at radius 2 is 2.18 bits per heavy atom. The number of anilines is 1. The Balaban J connectivity index is 2.52. The first-order chi connectivity index (χ1) is 7.99. The SMILES string of the molecule is CC(C)Cc1ccc2c(N)c(C(N)=O)sc2n1. The van der Waals surface area contributed by atoms with Gasteiger partial charge in [0.1, 0.15) is 9.71 Å². The summed E-state index contributed by atoms with van der Waals surface area (Å²) in [5.41, 5.74) is 12.6. The molecule has 0 aliphatic heterocycles. The van der Waals surface area contributed by atoms with Crippen LogP contribution in [-0.4, -0.2) is 10.9 Å². The normalized spacial score (nSPS) is 11.2. The van der Waals surface area contributed by atoms with Gasteiger partial charge in [0.2, 0.25) is 0 Å². The Hall–Kier alpha value is -1.62. The number of fused-ring (bicyclic) bond motifs is 1. The van der Waals surface area contributed by atoms with Crippen molar-refractivity contribution >= 4 is 33.1 Å². The van der Waals surface area contributed by atoms with Crippen LogP contribution in [0.1, 0.15) is 29.2 Å². The number of nitrogen functional groups attached to an aromatic ring is 1. The third-order valence-corrected chi connectivity index (χ3v) is 3.62. The molecular weight excluding hydrogens is 234 g/mol. The van der Waals surface area contributed by atoms with Crippen LogP contribution in [0.4, 0.5) is 5.69 Å². The molecule has 0 saturated carbocycles. The molecule has 0 unspecified atom stereocenters. The van der Waals surface area contributed by atoms with Crippen LogP contribution in [0.2, 0.25) is 0 Å². The molecule has 0 atom stereocenters. The molecule has 0 aliphatic carbocycles. The van der Waals surface area contributed by atoms with Crippen molar-refractivity contribution in [2.75, 3.05) is 5.73 Å². The zero-order valence-electron chi connectivity index (χ0n) is 9.86. The van der Waals surface area contributed by atoms with Crippen molar-refractivity contribution in [3.8, 4) is 0 Å². The van der Waals surface area contributed by atoms with Gasteiger partial charge in [-0.1, -0.05) is 13.8 Å². The molecule has 2 heterocycles. The Kier molecular flexibility index (Phi) is 3.02. The van der Waals surface area contributed by atoms with Crippen molar-refractivity contribution < 1.29 is 4.79 Å². The standard InChI is InChI=1S/C12H15N3OS/c1-6(2)5-7-3-4-8-9(13)10(11(14)16)17-12(8)15-7/h3-4,6H,5,13H2,1-2H3,(H2,14,16). The molecule has 4 nitrogen and oxygen atoms in total. The van der Waals surface area contributed by atoms with Crippen LogP contribution in [0.25, 0.3) is 10.2 Å². The van der Waals surface area contributed by atoms with Crippen LogP contribution in [0.5, 0.6) is 0 Å². The highest BCUT2D eigenvalue weighted by Gasteiger charge is 2.15. The molecule has 0 radical (unpaired) electrons. The van der Waals surface area contributed by atoms with Crippen LogP contribution in [0.15, 0.2) is 12.1 Å². The molecule has 17 heavy (non-hydrogen) atoms. The summed E-state index contributed by atoms with van der Waals surface area (Å²) >= 11 is 1.26. The lowest BCUT2D eigenvalue weighted by Gasteiger charge is -2.03. The average molecular weight is 249 g/mol. The molecule has 2 aromatic rings. The van der Waals surface area contributed by atoms with Gasteiger partial charge in [0.25, 0.3) is 5.91 Å². The van der Waals surface area contributed by atoms with Crippen molar-refractivity contribution in [3.63, 3.8) is 0 Å². The van der Waals surface area contributed by atoms with Gasteiger partial charge in [-0.05, 0) is 24.5 Å². The number of pyridine rings is 1. The molecule has 0 aliphatic rings. The van der Waals surface area contributed by atoms with E-state index in [9.17, 15) is 4.79 Å². The monoisotopic (exact) mass is 249 g/mol. The average Bonchev–Trinajstić information content (AvgIpc) is 2.55. The Morgan fingerprint density at radius 3 is 2.76 bits per heavy atom. The molecule has 90 valence electrons. The highest BCUT2D eigenvalue weighted by molar-refractivity contribution is 7.21. The minimum atomic E-state index is -0.490. The van der Waals surface area contributed by atoms with E-state index in [0.717, 1.165) is 22.3 Å². The Bertz CT molecular complexity index is 574. The lowest BCUT2D eigenvalue weighted by atomic mass is 10.1. The number of thiophene rings is 1. The first-order valence-corrected chi connectivity index (χ1v) is 6.28. The highest BCUT2D eigenvalue weighted by atomic mass is 32.1. The van der Waals surface area contributed by atoms with E-state index < -0.39 is 5.91 Å². The van der Waals surface area contributed by atoms with Crippen molar-refractivity contribution in [2.24, 2.45) is 11.7 Å². The molecule has 2 aromatic heterocycles. The summed E-state index contributed by atoms with van der Waals surface area (Å²) in [4.78, 5) is 16.9. The summed E-state index contributed by atoms with van der Waals surface area (Å²) in [6.07, 6.45) is 0.916. The third kappa shape index (κ3) is 2.24. The predicted octanol–water partition coefficient (Wildman–Crippen LogP) is 2.18. The van der Waals surface area contributed by atoms with Crippen LogP contribution in [0.3, 0.4) is 0 Å². The molecule has 0 saturated heterocycles. The van der Waals surface area contributed by atoms with Crippen molar-refractivity contribution in [2.45, 2.75) is 20.3 Å². The fourth-order valence-electron chi connectivity index (χ4n) is 1.75. The predicted molar refractivity (Wildman–Crippen MR) is 71.1 cm³/mol. The third-order valence-electron chi connectivity index (χ3n) is 2.49. The van der Waals surface area contributed by atoms with Crippen LogP contribution in [0, 0.1) is 5.92 Å². The van der Waals surface area contributed by atoms with Gasteiger partial charge in [-0.3, -0.25) is 4.79 Å². The topological polar surface area (TPSA) is 82.0 Å². The van der Waals surface area contributed by atoms with Crippen molar-refractivity contribution in [1.82, 2.24) is 4.98 Å². The molecule has 0 spiro atoms. The minimum Gasteiger partial charge on any atom is -0.397 e. The van der Waals surface area contributed by atoms with Gasteiger partial charge in [-0.15, -0.1) is 11.3 Å². The molecular formula is C12H15N3OS. The number of hydrogen-bond acceptors (Lipinski definition) is 4. The van der Waals surface area contributed by atoms with Gasteiger partial charge in [0.15, 0.2) is 0 Å². The zero-order chi connectivity index (χ0) is 12.6. The van der Waals surface area contributed by atoms with Gasteiger partial charge in [0, 0.05) is 11.1 Å². The van der Waals surface area contributed by atoms with E-state index in [2.05, 4.69) is 18.8 Å². The Morgan fingerprint density at radius 1 is 1.47 bits per heavy atom. The lowest BCUT2D eigenvalue weighted by molar-refractivity contribution is 0.100. The Labute approximate surface area is 104 Å². The second-order valence-electron chi connectivity index (χ2n) is 4.46. The molecule has 0 fully saturated rings. The smallest absolute Gasteiger partial charge is 0.260 e. The second-order valence-corrected chi connectivity index (χ2v) is 5.46. The van der Waals surface area contributed by atoms with E-state index in [0.29, 0.717) is 16.5 Å². The maximum absolute atomic E-state index is 11.2. The lowest BCUT2D eigenvalue weighted by Crippen LogP contribution is -2.10. The number of carbonyl (C=O) groups excluding carboxylic acids is 1. The van der Waals surface area contributed by atoms with Gasteiger partial charge in [-0.2, -0.15) is 0 Å². The largest absolute Gasteiger partial charge is 0.397 e. The van der Waals surface area contributed by atoms with E-state index in [1.165, 1.54) is 11.3 Å². The van der Waals surface area contributed by atoms with Crippen molar-refractivity contribution in [3.05, 3.63) is 22.7 Å². The maximum atomic E-state index is 11.2. The zero-order valence-corrected chi connectivity index (χ0v) is 10.7. The number of amides is 1. The van der Waals surface area contributed by atoms with Gasteiger partial charge >= 0.3 is 0 Å². The molecule has 1 amide bonds. The van der Waals surface area contributed by atoms with E-state index in [1.54, 1.807) is 0 Å². The highest BCUT2D eigenvalue weighted by Crippen LogP contribution is 2.32. The van der Waals surface area contributed by atoms with Crippen LogP contribution in [-0.2, 0) is 6.42 Å². The maximum Gasteiger partial charge on any atom is 0.260 e. The van der Waals surface area contributed by atoms with Crippen molar-refractivity contribution in [1.29, 1.82) is 0 Å². The van der Waals surface area contributed by atoms with Gasteiger partial charge in [-0.25, -0.2) is 4.98 Å². The molecule has 4 N–H and O–H groups in total. The number of nitrogens with zero attached hydrogens (tertiary/aromatic N) is 1. The number of carbonyl (C=O) groups is 1.